The van der Waals surface area contributed by atoms with Gasteiger partial charge in [0.25, 0.3) is 5.92 Å². The van der Waals surface area contributed by atoms with Crippen molar-refractivity contribution in [1.29, 1.82) is 0 Å². The van der Waals surface area contributed by atoms with Crippen LogP contribution in [-0.2, 0) is 0 Å². The summed E-state index contributed by atoms with van der Waals surface area (Å²) in [6.45, 7) is 6.38. The van der Waals surface area contributed by atoms with Crippen LogP contribution in [0.1, 0.15) is 34.1 Å². The average molecular weight is 249 g/mol. The maximum absolute atomic E-state index is 14.1. The molecule has 17 heavy (non-hydrogen) atoms. The van der Waals surface area contributed by atoms with Crippen LogP contribution in [0.5, 0.6) is 0 Å². The van der Waals surface area contributed by atoms with Crippen molar-refractivity contribution in [2.75, 3.05) is 13.6 Å². The van der Waals surface area contributed by atoms with Crippen molar-refractivity contribution in [3.8, 4) is 0 Å². The zero-order valence-corrected chi connectivity index (χ0v) is 11.2. The van der Waals surface area contributed by atoms with Gasteiger partial charge in [0.15, 0.2) is 0 Å². The fourth-order valence-corrected chi connectivity index (χ4v) is 1.53. The van der Waals surface area contributed by atoms with Crippen LogP contribution in [-0.4, -0.2) is 19.5 Å². The Kier molecular flexibility index (Phi) is 6.53. The van der Waals surface area contributed by atoms with E-state index in [1.54, 1.807) is 14.0 Å². The molecule has 0 saturated carbocycles. The summed E-state index contributed by atoms with van der Waals surface area (Å²) in [7, 11) is 1.64. The highest BCUT2D eigenvalue weighted by atomic mass is 19.3. The van der Waals surface area contributed by atoms with Crippen LogP contribution in [0, 0.1) is 5.92 Å². The SMILES string of the molecule is CCC(C)C(F)(F)C(C(F)=CCNC)=C(C)C. The molecule has 0 rings (SSSR count). The van der Waals surface area contributed by atoms with Gasteiger partial charge in [0, 0.05) is 12.5 Å². The second-order valence-corrected chi connectivity index (χ2v) is 4.42. The Bertz CT molecular complexity index is 302. The molecule has 0 aliphatic rings. The number of nitrogens with one attached hydrogen (secondary N) is 1. The number of alkyl halides is 2. The van der Waals surface area contributed by atoms with E-state index in [4.69, 9.17) is 0 Å². The summed E-state index contributed by atoms with van der Waals surface area (Å²) >= 11 is 0. The maximum atomic E-state index is 14.1. The van der Waals surface area contributed by atoms with Crippen LogP contribution in [0.2, 0.25) is 0 Å². The van der Waals surface area contributed by atoms with E-state index in [-0.39, 0.29) is 6.54 Å². The van der Waals surface area contributed by atoms with Gasteiger partial charge in [0.1, 0.15) is 5.83 Å². The highest BCUT2D eigenvalue weighted by molar-refractivity contribution is 5.36. The molecule has 0 bridgehead atoms. The highest BCUT2D eigenvalue weighted by Crippen LogP contribution is 2.40. The van der Waals surface area contributed by atoms with Crippen LogP contribution in [0.25, 0.3) is 0 Å². The number of allylic oxidation sites excluding steroid dienone is 3. The van der Waals surface area contributed by atoms with Crippen LogP contribution in [0.3, 0.4) is 0 Å². The molecule has 0 fully saturated rings. The third kappa shape index (κ3) is 4.19. The lowest BCUT2D eigenvalue weighted by atomic mass is 9.90. The van der Waals surface area contributed by atoms with Gasteiger partial charge >= 0.3 is 0 Å². The molecule has 0 aromatic carbocycles. The molecule has 4 heteroatoms. The van der Waals surface area contributed by atoms with Crippen molar-refractivity contribution in [1.82, 2.24) is 5.32 Å². The topological polar surface area (TPSA) is 12.0 Å². The Hall–Kier alpha value is -0.770. The maximum Gasteiger partial charge on any atom is 0.278 e. The van der Waals surface area contributed by atoms with Gasteiger partial charge in [-0.1, -0.05) is 19.4 Å². The van der Waals surface area contributed by atoms with E-state index in [2.05, 4.69) is 5.32 Å². The molecule has 0 aliphatic carbocycles. The molecule has 0 heterocycles. The summed E-state index contributed by atoms with van der Waals surface area (Å²) in [5, 5.41) is 2.70. The second kappa shape index (κ2) is 6.84. The fourth-order valence-electron chi connectivity index (χ4n) is 1.53. The van der Waals surface area contributed by atoms with Gasteiger partial charge < -0.3 is 5.32 Å². The Labute approximate surface area is 102 Å². The Morgan fingerprint density at radius 2 is 1.88 bits per heavy atom. The minimum absolute atomic E-state index is 0.235. The van der Waals surface area contributed by atoms with Crippen LogP contribution < -0.4 is 5.32 Å². The normalized spacial score (nSPS) is 14.7. The van der Waals surface area contributed by atoms with Gasteiger partial charge in [0.2, 0.25) is 0 Å². The van der Waals surface area contributed by atoms with Gasteiger partial charge in [0.05, 0.1) is 5.57 Å². The predicted molar refractivity (Wildman–Crippen MR) is 65.9 cm³/mol. The third-order valence-electron chi connectivity index (χ3n) is 2.79. The lowest BCUT2D eigenvalue weighted by molar-refractivity contribution is -0.0160. The lowest BCUT2D eigenvalue weighted by Crippen LogP contribution is -2.29. The molecular weight excluding hydrogens is 227 g/mol. The van der Waals surface area contributed by atoms with E-state index in [1.807, 2.05) is 0 Å². The van der Waals surface area contributed by atoms with E-state index in [0.717, 1.165) is 6.08 Å². The second-order valence-electron chi connectivity index (χ2n) is 4.42. The Morgan fingerprint density at radius 3 is 2.24 bits per heavy atom. The van der Waals surface area contributed by atoms with Gasteiger partial charge in [-0.15, -0.1) is 0 Å². The minimum atomic E-state index is -3.12. The zero-order valence-electron chi connectivity index (χ0n) is 11.2. The van der Waals surface area contributed by atoms with Gasteiger partial charge in [-0.3, -0.25) is 0 Å². The van der Waals surface area contributed by atoms with Crippen LogP contribution in [0.4, 0.5) is 13.2 Å². The predicted octanol–water partition coefficient (Wildman–Crippen LogP) is 4.08. The standard InChI is InChI=1S/C13H22F3N/c1-6-10(4)13(15,16)12(9(2)3)11(14)7-8-17-5/h7,10,17H,6,8H2,1-5H3. The van der Waals surface area contributed by atoms with Crippen molar-refractivity contribution >= 4 is 0 Å². The van der Waals surface area contributed by atoms with Crippen molar-refractivity contribution in [3.63, 3.8) is 0 Å². The first-order valence-electron chi connectivity index (χ1n) is 5.85. The summed E-state index contributed by atoms with van der Waals surface area (Å²) in [6.07, 6.45) is 1.46. The third-order valence-corrected chi connectivity index (χ3v) is 2.79. The molecule has 0 spiro atoms. The Balaban J connectivity index is 5.35. The van der Waals surface area contributed by atoms with Gasteiger partial charge in [-0.2, -0.15) is 0 Å². The zero-order chi connectivity index (χ0) is 13.6. The number of hydrogen-bond donors (Lipinski definition) is 1. The molecule has 0 aromatic rings. The summed E-state index contributed by atoms with van der Waals surface area (Å²) in [5.41, 5.74) is -0.151. The molecule has 0 radical (unpaired) electrons. The molecule has 0 amide bonds. The fraction of sp³-hybridized carbons (Fsp3) is 0.692. The first-order valence-corrected chi connectivity index (χ1v) is 5.85. The first-order chi connectivity index (χ1) is 7.78. The minimum Gasteiger partial charge on any atom is -0.316 e. The summed E-state index contributed by atoms with van der Waals surface area (Å²) in [4.78, 5) is 0. The average Bonchev–Trinajstić information content (AvgIpc) is 2.24. The largest absolute Gasteiger partial charge is 0.316 e. The number of halogens is 3. The molecule has 100 valence electrons. The molecule has 1 atom stereocenters. The smallest absolute Gasteiger partial charge is 0.278 e. The molecule has 0 aliphatic heterocycles. The molecule has 0 saturated heterocycles. The Morgan fingerprint density at radius 1 is 1.35 bits per heavy atom. The number of likely N-dealkylation sites (N-methyl/N-ethyl adjacent to an activating group) is 1. The van der Waals surface area contributed by atoms with E-state index in [9.17, 15) is 13.2 Å². The molecule has 0 aromatic heterocycles. The summed E-state index contributed by atoms with van der Waals surface area (Å²) in [6, 6.07) is 0. The monoisotopic (exact) mass is 249 g/mol. The first kappa shape index (κ1) is 16.2. The van der Waals surface area contributed by atoms with E-state index in [1.165, 1.54) is 20.8 Å². The van der Waals surface area contributed by atoms with E-state index < -0.39 is 23.2 Å². The van der Waals surface area contributed by atoms with Crippen molar-refractivity contribution < 1.29 is 13.2 Å². The lowest BCUT2D eigenvalue weighted by Gasteiger charge is -2.26. The van der Waals surface area contributed by atoms with Crippen molar-refractivity contribution in [2.24, 2.45) is 5.92 Å². The quantitative estimate of drug-likeness (QED) is 0.699. The van der Waals surface area contributed by atoms with Gasteiger partial charge in [-0.05, 0) is 33.4 Å². The molecule has 1 N–H and O–H groups in total. The molecule has 1 nitrogen and oxygen atoms in total. The molecular formula is C13H22F3N. The van der Waals surface area contributed by atoms with Crippen molar-refractivity contribution in [2.45, 2.75) is 40.0 Å². The van der Waals surface area contributed by atoms with Crippen LogP contribution >= 0.6 is 0 Å². The van der Waals surface area contributed by atoms with E-state index >= 15 is 0 Å². The number of hydrogen-bond acceptors (Lipinski definition) is 1. The van der Waals surface area contributed by atoms with Gasteiger partial charge in [-0.25, -0.2) is 13.2 Å². The number of rotatable bonds is 6. The van der Waals surface area contributed by atoms with E-state index in [0.29, 0.717) is 12.0 Å². The summed E-state index contributed by atoms with van der Waals surface area (Å²) in [5.74, 6) is -4.83. The highest BCUT2D eigenvalue weighted by Gasteiger charge is 2.42. The molecule has 1 unspecified atom stereocenters. The summed E-state index contributed by atoms with van der Waals surface area (Å²) < 4.78 is 41.9. The van der Waals surface area contributed by atoms with Crippen molar-refractivity contribution in [3.05, 3.63) is 23.0 Å². The van der Waals surface area contributed by atoms with Crippen LogP contribution in [0.15, 0.2) is 23.0 Å².